The SMILES string of the molecule is CC(C)C(=O)NC1CCN(c2nc(-c3ccnc(F)c3)[nH]c(=O)c2Cl)CC1. The molecule has 0 unspecified atom stereocenters. The highest BCUT2D eigenvalue weighted by Crippen LogP contribution is 2.26. The fraction of sp³-hybridized carbons (Fsp3) is 0.444. The smallest absolute Gasteiger partial charge is 0.272 e. The predicted octanol–water partition coefficient (Wildman–Crippen LogP) is 2.37. The second kappa shape index (κ2) is 8.04. The normalized spacial score (nSPS) is 15.2. The molecule has 0 bridgehead atoms. The lowest BCUT2D eigenvalue weighted by Gasteiger charge is -2.33. The average molecular weight is 394 g/mol. The van der Waals surface area contributed by atoms with Gasteiger partial charge in [0.25, 0.3) is 5.56 Å². The Labute approximate surface area is 161 Å². The van der Waals surface area contributed by atoms with Crippen LogP contribution in [0, 0.1) is 11.9 Å². The van der Waals surface area contributed by atoms with E-state index >= 15 is 0 Å². The van der Waals surface area contributed by atoms with Crippen molar-refractivity contribution in [3.63, 3.8) is 0 Å². The average Bonchev–Trinajstić information content (AvgIpc) is 2.64. The molecule has 1 fully saturated rings. The van der Waals surface area contributed by atoms with Gasteiger partial charge in [0, 0.05) is 42.9 Å². The van der Waals surface area contributed by atoms with Gasteiger partial charge in [-0.3, -0.25) is 9.59 Å². The molecule has 1 saturated heterocycles. The summed E-state index contributed by atoms with van der Waals surface area (Å²) in [6.07, 6.45) is 2.76. The monoisotopic (exact) mass is 393 g/mol. The summed E-state index contributed by atoms with van der Waals surface area (Å²) in [6, 6.07) is 2.85. The van der Waals surface area contributed by atoms with Crippen LogP contribution in [-0.2, 0) is 4.79 Å². The molecule has 1 aliphatic rings. The molecule has 0 spiro atoms. The van der Waals surface area contributed by atoms with Gasteiger partial charge in [0.1, 0.15) is 10.8 Å². The van der Waals surface area contributed by atoms with Crippen LogP contribution < -0.4 is 15.8 Å². The van der Waals surface area contributed by atoms with Crippen LogP contribution in [-0.4, -0.2) is 40.0 Å². The van der Waals surface area contributed by atoms with Crippen molar-refractivity contribution in [3.05, 3.63) is 39.7 Å². The van der Waals surface area contributed by atoms with Crippen molar-refractivity contribution < 1.29 is 9.18 Å². The zero-order valence-electron chi connectivity index (χ0n) is 15.1. The highest BCUT2D eigenvalue weighted by atomic mass is 35.5. The van der Waals surface area contributed by atoms with E-state index in [9.17, 15) is 14.0 Å². The van der Waals surface area contributed by atoms with Crippen LogP contribution in [0.15, 0.2) is 23.1 Å². The van der Waals surface area contributed by atoms with Crippen LogP contribution in [0.1, 0.15) is 26.7 Å². The third-order valence-corrected chi connectivity index (χ3v) is 4.85. The molecular weight excluding hydrogens is 373 g/mol. The number of carbonyl (C=O) groups is 1. The zero-order valence-corrected chi connectivity index (χ0v) is 15.9. The highest BCUT2D eigenvalue weighted by molar-refractivity contribution is 6.32. The van der Waals surface area contributed by atoms with Crippen molar-refractivity contribution in [1.82, 2.24) is 20.3 Å². The molecule has 27 heavy (non-hydrogen) atoms. The Morgan fingerprint density at radius 3 is 2.74 bits per heavy atom. The van der Waals surface area contributed by atoms with Crippen molar-refractivity contribution in [1.29, 1.82) is 0 Å². The number of hydrogen-bond acceptors (Lipinski definition) is 5. The summed E-state index contributed by atoms with van der Waals surface area (Å²) in [5.41, 5.74) is -0.0688. The minimum Gasteiger partial charge on any atom is -0.355 e. The largest absolute Gasteiger partial charge is 0.355 e. The number of amides is 1. The highest BCUT2D eigenvalue weighted by Gasteiger charge is 2.25. The van der Waals surface area contributed by atoms with Crippen molar-refractivity contribution >= 4 is 23.3 Å². The number of pyridine rings is 1. The molecule has 9 heteroatoms. The molecule has 1 aliphatic heterocycles. The summed E-state index contributed by atoms with van der Waals surface area (Å²) >= 11 is 6.18. The molecule has 0 aromatic carbocycles. The summed E-state index contributed by atoms with van der Waals surface area (Å²) in [6.45, 7) is 4.91. The van der Waals surface area contributed by atoms with E-state index in [2.05, 4.69) is 20.3 Å². The van der Waals surface area contributed by atoms with Crippen LogP contribution in [0.25, 0.3) is 11.4 Å². The summed E-state index contributed by atoms with van der Waals surface area (Å²) < 4.78 is 13.4. The van der Waals surface area contributed by atoms with E-state index in [-0.39, 0.29) is 28.7 Å². The van der Waals surface area contributed by atoms with Crippen LogP contribution in [0.5, 0.6) is 0 Å². The fourth-order valence-corrected chi connectivity index (χ4v) is 3.16. The van der Waals surface area contributed by atoms with Gasteiger partial charge in [-0.05, 0) is 18.9 Å². The molecule has 3 heterocycles. The Bertz CT molecular complexity index is 894. The Hall–Kier alpha value is -2.48. The lowest BCUT2D eigenvalue weighted by molar-refractivity contribution is -0.124. The van der Waals surface area contributed by atoms with E-state index in [4.69, 9.17) is 11.6 Å². The van der Waals surface area contributed by atoms with E-state index in [1.165, 1.54) is 12.3 Å². The van der Waals surface area contributed by atoms with Crippen LogP contribution in [0.2, 0.25) is 5.02 Å². The zero-order chi connectivity index (χ0) is 19.6. The molecule has 144 valence electrons. The topological polar surface area (TPSA) is 91.0 Å². The van der Waals surface area contributed by atoms with Crippen LogP contribution >= 0.6 is 11.6 Å². The maximum Gasteiger partial charge on any atom is 0.272 e. The Morgan fingerprint density at radius 2 is 2.11 bits per heavy atom. The number of aromatic nitrogens is 3. The van der Waals surface area contributed by atoms with Gasteiger partial charge in [0.2, 0.25) is 11.9 Å². The van der Waals surface area contributed by atoms with Crippen molar-refractivity contribution in [2.45, 2.75) is 32.7 Å². The number of nitrogens with zero attached hydrogens (tertiary/aromatic N) is 3. The molecule has 0 atom stereocenters. The maximum atomic E-state index is 13.4. The van der Waals surface area contributed by atoms with E-state index in [0.29, 0.717) is 24.5 Å². The minimum absolute atomic E-state index is 0.00190. The summed E-state index contributed by atoms with van der Waals surface area (Å²) in [4.78, 5) is 36.5. The number of carbonyl (C=O) groups excluding carboxylic acids is 1. The first-order chi connectivity index (χ1) is 12.8. The van der Waals surface area contributed by atoms with Gasteiger partial charge in [-0.15, -0.1) is 0 Å². The quantitative estimate of drug-likeness (QED) is 0.778. The Kier molecular flexibility index (Phi) is 5.74. The standard InChI is InChI=1S/C18H21ClFN5O2/c1-10(2)17(26)22-12-4-7-25(8-5-12)16-14(19)18(27)24-15(23-16)11-3-6-21-13(20)9-11/h3,6,9-10,12H,4-5,7-8H2,1-2H3,(H,22,26)(H,23,24,27). The number of H-pyrrole nitrogens is 1. The number of anilines is 1. The first-order valence-electron chi connectivity index (χ1n) is 8.82. The van der Waals surface area contributed by atoms with Crippen molar-refractivity contribution in [2.75, 3.05) is 18.0 Å². The van der Waals surface area contributed by atoms with E-state index in [0.717, 1.165) is 12.8 Å². The second-order valence-corrected chi connectivity index (χ2v) is 7.22. The predicted molar refractivity (Wildman–Crippen MR) is 101 cm³/mol. The van der Waals surface area contributed by atoms with Crippen molar-refractivity contribution in [2.24, 2.45) is 5.92 Å². The first-order valence-corrected chi connectivity index (χ1v) is 9.20. The lowest BCUT2D eigenvalue weighted by Crippen LogP contribution is -2.46. The Balaban J connectivity index is 1.79. The molecule has 3 rings (SSSR count). The van der Waals surface area contributed by atoms with Gasteiger partial charge >= 0.3 is 0 Å². The number of halogens is 2. The lowest BCUT2D eigenvalue weighted by atomic mass is 10.0. The number of piperidine rings is 1. The molecular formula is C18H21ClFN5O2. The molecule has 7 nitrogen and oxygen atoms in total. The summed E-state index contributed by atoms with van der Waals surface area (Å²) in [5.74, 6) is -0.0940. The molecule has 0 radical (unpaired) electrons. The van der Waals surface area contributed by atoms with Gasteiger partial charge in [0.15, 0.2) is 5.82 Å². The van der Waals surface area contributed by atoms with Crippen LogP contribution in [0.3, 0.4) is 0 Å². The van der Waals surface area contributed by atoms with E-state index in [1.807, 2.05) is 18.7 Å². The first kappa shape index (κ1) is 19.3. The van der Waals surface area contributed by atoms with Crippen LogP contribution in [0.4, 0.5) is 10.2 Å². The number of nitrogens with one attached hydrogen (secondary N) is 2. The van der Waals surface area contributed by atoms with Gasteiger partial charge in [-0.25, -0.2) is 9.97 Å². The number of hydrogen-bond donors (Lipinski definition) is 2. The maximum absolute atomic E-state index is 13.4. The molecule has 2 aromatic rings. The second-order valence-electron chi connectivity index (χ2n) is 6.84. The van der Waals surface area contributed by atoms with Gasteiger partial charge in [-0.2, -0.15) is 4.39 Å². The van der Waals surface area contributed by atoms with E-state index in [1.54, 1.807) is 6.07 Å². The fourth-order valence-electron chi connectivity index (χ4n) is 2.95. The number of aromatic amines is 1. The third kappa shape index (κ3) is 4.44. The summed E-state index contributed by atoms with van der Waals surface area (Å²) in [7, 11) is 0. The third-order valence-electron chi connectivity index (χ3n) is 4.51. The molecule has 0 aliphatic carbocycles. The Morgan fingerprint density at radius 1 is 1.41 bits per heavy atom. The minimum atomic E-state index is -0.659. The summed E-state index contributed by atoms with van der Waals surface area (Å²) in [5, 5.41) is 3.02. The number of rotatable bonds is 4. The molecule has 1 amide bonds. The van der Waals surface area contributed by atoms with E-state index < -0.39 is 11.5 Å². The molecule has 2 N–H and O–H groups in total. The molecule has 0 saturated carbocycles. The molecule has 2 aromatic heterocycles. The van der Waals surface area contributed by atoms with Gasteiger partial charge in [0.05, 0.1) is 0 Å². The van der Waals surface area contributed by atoms with Crippen molar-refractivity contribution in [3.8, 4) is 11.4 Å². The van der Waals surface area contributed by atoms with Gasteiger partial charge in [-0.1, -0.05) is 25.4 Å². The van der Waals surface area contributed by atoms with Gasteiger partial charge < -0.3 is 15.2 Å².